The number of hydrogen-bond donors (Lipinski definition) is 0. The van der Waals surface area contributed by atoms with Crippen LogP contribution in [0.4, 0.5) is 5.13 Å². The maximum atomic E-state index is 13.0. The van der Waals surface area contributed by atoms with E-state index in [1.54, 1.807) is 29.7 Å². The van der Waals surface area contributed by atoms with Gasteiger partial charge in [-0.25, -0.2) is 4.98 Å². The lowest BCUT2D eigenvalue weighted by Crippen LogP contribution is -2.44. The average Bonchev–Trinajstić information content (AvgIpc) is 3.36. The van der Waals surface area contributed by atoms with E-state index >= 15 is 0 Å². The number of nitrogens with zero attached hydrogens (tertiary/aromatic N) is 4. The molecule has 0 bridgehead atoms. The fourth-order valence-electron chi connectivity index (χ4n) is 3.81. The molecule has 4 heterocycles. The minimum atomic E-state index is -0.0813. The Labute approximate surface area is 168 Å². The van der Waals surface area contributed by atoms with E-state index in [1.807, 2.05) is 17.0 Å². The molecule has 0 atom stereocenters. The number of fused-ring (bicyclic) bond motifs is 3. The molecule has 1 aromatic carbocycles. The number of benzene rings is 1. The first-order valence-corrected chi connectivity index (χ1v) is 10.3. The second-order valence-corrected chi connectivity index (χ2v) is 8.42. The predicted molar refractivity (Wildman–Crippen MR) is 110 cm³/mol. The predicted octanol–water partition coefficient (Wildman–Crippen LogP) is 3.31. The zero-order chi connectivity index (χ0) is 19.1. The van der Waals surface area contributed by atoms with Crippen molar-refractivity contribution in [3.05, 3.63) is 58.9 Å². The fraction of sp³-hybridized carbons (Fsp3) is 0.333. The van der Waals surface area contributed by atoms with E-state index in [1.165, 1.54) is 0 Å². The number of likely N-dealkylation sites (N-methyl/N-ethyl adjacent to an activating group) is 1. The molecule has 144 valence electrons. The molecule has 0 spiro atoms. The SMILES string of the molecule is CN1CCN(c2nc3c(s2)CN(C(=O)c2ccco2)Cc2ccccc2-3)CC1. The summed E-state index contributed by atoms with van der Waals surface area (Å²) in [5, 5.41) is 1.06. The molecule has 2 aromatic heterocycles. The van der Waals surface area contributed by atoms with Crippen molar-refractivity contribution in [3.8, 4) is 11.3 Å². The number of piperazine rings is 1. The molecule has 0 radical (unpaired) electrons. The molecule has 7 heteroatoms. The number of hydrogen-bond acceptors (Lipinski definition) is 6. The minimum absolute atomic E-state index is 0.0813. The van der Waals surface area contributed by atoms with Crippen LogP contribution in [-0.2, 0) is 13.1 Å². The topological polar surface area (TPSA) is 52.8 Å². The van der Waals surface area contributed by atoms with Gasteiger partial charge in [-0.15, -0.1) is 0 Å². The summed E-state index contributed by atoms with van der Waals surface area (Å²) in [5.74, 6) is 0.298. The average molecular weight is 395 g/mol. The number of amides is 1. The van der Waals surface area contributed by atoms with E-state index in [0.29, 0.717) is 18.8 Å². The number of anilines is 1. The van der Waals surface area contributed by atoms with Gasteiger partial charge in [0.2, 0.25) is 0 Å². The summed E-state index contributed by atoms with van der Waals surface area (Å²) >= 11 is 1.71. The van der Waals surface area contributed by atoms with Crippen LogP contribution in [0.5, 0.6) is 0 Å². The summed E-state index contributed by atoms with van der Waals surface area (Å²) in [7, 11) is 2.16. The van der Waals surface area contributed by atoms with Gasteiger partial charge < -0.3 is 19.1 Å². The third-order valence-electron chi connectivity index (χ3n) is 5.45. The Balaban J connectivity index is 1.53. The summed E-state index contributed by atoms with van der Waals surface area (Å²) in [5.41, 5.74) is 3.27. The normalized spacial score (nSPS) is 17.2. The monoisotopic (exact) mass is 394 g/mol. The summed E-state index contributed by atoms with van der Waals surface area (Å²) < 4.78 is 5.36. The van der Waals surface area contributed by atoms with Crippen molar-refractivity contribution in [2.24, 2.45) is 0 Å². The second kappa shape index (κ2) is 7.07. The summed E-state index contributed by atoms with van der Waals surface area (Å²) in [6, 6.07) is 11.7. The number of furan rings is 1. The van der Waals surface area contributed by atoms with Crippen LogP contribution in [0.25, 0.3) is 11.3 Å². The Kier molecular flexibility index (Phi) is 4.41. The van der Waals surface area contributed by atoms with Crippen molar-refractivity contribution in [2.75, 3.05) is 38.1 Å². The van der Waals surface area contributed by atoms with Gasteiger partial charge in [0.05, 0.1) is 23.4 Å². The Hall–Kier alpha value is -2.64. The van der Waals surface area contributed by atoms with Crippen LogP contribution in [0.3, 0.4) is 0 Å². The molecule has 3 aromatic rings. The van der Waals surface area contributed by atoms with Gasteiger partial charge in [0.15, 0.2) is 10.9 Å². The first-order chi connectivity index (χ1) is 13.7. The lowest BCUT2D eigenvalue weighted by molar-refractivity contribution is 0.0701. The van der Waals surface area contributed by atoms with E-state index in [4.69, 9.17) is 9.40 Å². The van der Waals surface area contributed by atoms with Crippen molar-refractivity contribution in [1.82, 2.24) is 14.8 Å². The Morgan fingerprint density at radius 3 is 2.68 bits per heavy atom. The largest absolute Gasteiger partial charge is 0.459 e. The van der Waals surface area contributed by atoms with Gasteiger partial charge in [-0.3, -0.25) is 4.79 Å². The molecular formula is C21H22N4O2S. The molecule has 6 nitrogen and oxygen atoms in total. The van der Waals surface area contributed by atoms with Crippen molar-refractivity contribution >= 4 is 22.4 Å². The standard InChI is InChI=1S/C21H22N4O2S/c1-23-8-10-24(11-9-23)21-22-19-16-6-3-2-5-15(16)13-25(14-18(19)28-21)20(26)17-7-4-12-27-17/h2-7,12H,8-11,13-14H2,1H3. The van der Waals surface area contributed by atoms with Crippen LogP contribution in [0, 0.1) is 0 Å². The quantitative estimate of drug-likeness (QED) is 0.668. The first kappa shape index (κ1) is 17.5. The lowest BCUT2D eigenvalue weighted by Gasteiger charge is -2.32. The van der Waals surface area contributed by atoms with Gasteiger partial charge in [-0.05, 0) is 24.7 Å². The molecule has 5 rings (SSSR count). The Morgan fingerprint density at radius 1 is 1.07 bits per heavy atom. The van der Waals surface area contributed by atoms with Gasteiger partial charge in [0.25, 0.3) is 5.91 Å². The molecule has 0 aliphatic carbocycles. The highest BCUT2D eigenvalue weighted by atomic mass is 32.1. The van der Waals surface area contributed by atoms with Crippen molar-refractivity contribution < 1.29 is 9.21 Å². The van der Waals surface area contributed by atoms with Gasteiger partial charge in [0.1, 0.15) is 0 Å². The van der Waals surface area contributed by atoms with Gasteiger partial charge in [0, 0.05) is 38.3 Å². The van der Waals surface area contributed by atoms with E-state index < -0.39 is 0 Å². The molecule has 2 aliphatic heterocycles. The molecule has 0 N–H and O–H groups in total. The smallest absolute Gasteiger partial charge is 0.290 e. The molecule has 1 saturated heterocycles. The number of carbonyl (C=O) groups excluding carboxylic acids is 1. The fourth-order valence-corrected chi connectivity index (χ4v) is 4.96. The number of rotatable bonds is 2. The van der Waals surface area contributed by atoms with E-state index in [0.717, 1.165) is 53.0 Å². The van der Waals surface area contributed by atoms with Gasteiger partial charge >= 0.3 is 0 Å². The zero-order valence-corrected chi connectivity index (χ0v) is 16.6. The van der Waals surface area contributed by atoms with Crippen LogP contribution in [-0.4, -0.2) is 53.9 Å². The molecular weight excluding hydrogens is 372 g/mol. The van der Waals surface area contributed by atoms with Gasteiger partial charge in [-0.2, -0.15) is 0 Å². The van der Waals surface area contributed by atoms with Crippen LogP contribution < -0.4 is 4.90 Å². The van der Waals surface area contributed by atoms with Crippen LogP contribution >= 0.6 is 11.3 Å². The number of aromatic nitrogens is 1. The molecule has 2 aliphatic rings. The number of thiazole rings is 1. The molecule has 0 unspecified atom stereocenters. The highest BCUT2D eigenvalue weighted by Gasteiger charge is 2.29. The molecule has 0 saturated carbocycles. The van der Waals surface area contributed by atoms with E-state index in [9.17, 15) is 4.79 Å². The zero-order valence-electron chi connectivity index (χ0n) is 15.8. The Morgan fingerprint density at radius 2 is 1.89 bits per heavy atom. The molecule has 28 heavy (non-hydrogen) atoms. The number of carbonyl (C=O) groups is 1. The summed E-state index contributed by atoms with van der Waals surface area (Å²) in [4.78, 5) is 25.7. The van der Waals surface area contributed by atoms with Crippen LogP contribution in [0.2, 0.25) is 0 Å². The first-order valence-electron chi connectivity index (χ1n) is 9.53. The van der Waals surface area contributed by atoms with E-state index in [2.05, 4.69) is 29.0 Å². The van der Waals surface area contributed by atoms with Crippen molar-refractivity contribution in [3.63, 3.8) is 0 Å². The summed E-state index contributed by atoms with van der Waals surface area (Å²) in [6.45, 7) is 5.17. The Bertz CT molecular complexity index is 990. The molecule has 1 fully saturated rings. The highest BCUT2D eigenvalue weighted by Crippen LogP contribution is 2.39. The third-order valence-corrected chi connectivity index (χ3v) is 6.55. The minimum Gasteiger partial charge on any atom is -0.459 e. The van der Waals surface area contributed by atoms with Crippen molar-refractivity contribution in [1.29, 1.82) is 0 Å². The summed E-state index contributed by atoms with van der Waals surface area (Å²) in [6.07, 6.45) is 1.54. The maximum absolute atomic E-state index is 13.0. The molecule has 1 amide bonds. The van der Waals surface area contributed by atoms with E-state index in [-0.39, 0.29) is 5.91 Å². The second-order valence-electron chi connectivity index (χ2n) is 7.35. The third kappa shape index (κ3) is 3.10. The maximum Gasteiger partial charge on any atom is 0.290 e. The van der Waals surface area contributed by atoms with Crippen LogP contribution in [0.15, 0.2) is 47.1 Å². The highest BCUT2D eigenvalue weighted by molar-refractivity contribution is 7.16. The van der Waals surface area contributed by atoms with Crippen molar-refractivity contribution in [2.45, 2.75) is 13.1 Å². The lowest BCUT2D eigenvalue weighted by atomic mass is 10.1. The van der Waals surface area contributed by atoms with Crippen LogP contribution in [0.1, 0.15) is 21.0 Å². The van der Waals surface area contributed by atoms with Gasteiger partial charge in [-0.1, -0.05) is 35.6 Å².